The van der Waals surface area contributed by atoms with Crippen LogP contribution in [0.4, 0.5) is 10.1 Å². The third-order valence-electron chi connectivity index (χ3n) is 6.10. The predicted octanol–water partition coefficient (Wildman–Crippen LogP) is 4.61. The minimum Gasteiger partial charge on any atom is -0.331 e. The molecule has 0 saturated heterocycles. The summed E-state index contributed by atoms with van der Waals surface area (Å²) in [6.07, 6.45) is 4.66. The summed E-state index contributed by atoms with van der Waals surface area (Å²) in [5, 5.41) is 7.55. The van der Waals surface area contributed by atoms with Crippen molar-refractivity contribution < 1.29 is 14.0 Å². The number of fused-ring (bicyclic) bond motifs is 1. The Hall–Kier alpha value is -3.48. The van der Waals surface area contributed by atoms with Gasteiger partial charge in [-0.1, -0.05) is 18.6 Å². The maximum Gasteiger partial charge on any atom is 0.274 e. The van der Waals surface area contributed by atoms with E-state index in [2.05, 4.69) is 10.4 Å². The maximum atomic E-state index is 13.4. The molecule has 1 heterocycles. The zero-order valence-electron chi connectivity index (χ0n) is 19.3. The first kappa shape index (κ1) is 22.7. The fraction of sp³-hybridized carbons (Fsp3) is 0.346. The largest absolute Gasteiger partial charge is 0.331 e. The molecule has 0 spiro atoms. The number of carbonyl (C=O) groups excluding carboxylic acids is 2. The van der Waals surface area contributed by atoms with Crippen LogP contribution >= 0.6 is 0 Å². The lowest BCUT2D eigenvalue weighted by atomic mass is 10.1. The summed E-state index contributed by atoms with van der Waals surface area (Å²) in [4.78, 5) is 27.4. The van der Waals surface area contributed by atoms with Gasteiger partial charge < -0.3 is 10.2 Å². The van der Waals surface area contributed by atoms with Crippen LogP contribution in [0.15, 0.2) is 42.5 Å². The molecule has 0 aliphatic heterocycles. The molecule has 2 amide bonds. The quantitative estimate of drug-likeness (QED) is 0.580. The van der Waals surface area contributed by atoms with Gasteiger partial charge in [-0.15, -0.1) is 0 Å². The minimum absolute atomic E-state index is 0.0790. The third-order valence-corrected chi connectivity index (χ3v) is 6.10. The molecule has 0 saturated carbocycles. The Labute approximate surface area is 193 Å². The number of carbonyl (C=O) groups is 2. The van der Waals surface area contributed by atoms with Gasteiger partial charge in [0.15, 0.2) is 5.69 Å². The Morgan fingerprint density at radius 1 is 1.06 bits per heavy atom. The lowest BCUT2D eigenvalue weighted by Gasteiger charge is -2.17. The van der Waals surface area contributed by atoms with E-state index in [0.717, 1.165) is 65.9 Å². The average Bonchev–Trinajstić information content (AvgIpc) is 2.97. The van der Waals surface area contributed by atoms with Gasteiger partial charge in [-0.25, -0.2) is 9.07 Å². The van der Waals surface area contributed by atoms with E-state index in [-0.39, 0.29) is 24.2 Å². The molecule has 172 valence electrons. The van der Waals surface area contributed by atoms with Crippen molar-refractivity contribution >= 4 is 17.5 Å². The summed E-state index contributed by atoms with van der Waals surface area (Å²) < 4.78 is 15.2. The van der Waals surface area contributed by atoms with Crippen molar-refractivity contribution in [1.29, 1.82) is 0 Å². The third kappa shape index (κ3) is 4.97. The first-order valence-corrected chi connectivity index (χ1v) is 11.3. The molecule has 0 atom stereocenters. The van der Waals surface area contributed by atoms with Crippen molar-refractivity contribution in [1.82, 2.24) is 14.7 Å². The van der Waals surface area contributed by atoms with Crippen LogP contribution in [0, 0.1) is 19.7 Å². The highest BCUT2D eigenvalue weighted by atomic mass is 19.1. The van der Waals surface area contributed by atoms with Crippen LogP contribution in [-0.2, 0) is 17.6 Å². The molecule has 0 unspecified atom stereocenters. The molecular formula is C26H29FN4O2. The fourth-order valence-electron chi connectivity index (χ4n) is 4.27. The van der Waals surface area contributed by atoms with Gasteiger partial charge in [0.1, 0.15) is 5.82 Å². The van der Waals surface area contributed by atoms with Crippen molar-refractivity contribution in [2.24, 2.45) is 0 Å². The van der Waals surface area contributed by atoms with Gasteiger partial charge in [0, 0.05) is 24.0 Å². The summed E-state index contributed by atoms with van der Waals surface area (Å²) in [5.74, 6) is -0.864. The van der Waals surface area contributed by atoms with E-state index in [1.54, 1.807) is 23.9 Å². The summed E-state index contributed by atoms with van der Waals surface area (Å²) >= 11 is 0. The number of aryl methyl sites for hydroxylation is 2. The molecule has 0 radical (unpaired) electrons. The number of amides is 2. The molecule has 7 heteroatoms. The van der Waals surface area contributed by atoms with Crippen molar-refractivity contribution in [2.75, 3.05) is 18.9 Å². The number of nitrogens with zero attached hydrogens (tertiary/aromatic N) is 3. The molecule has 0 fully saturated rings. The van der Waals surface area contributed by atoms with E-state index in [1.165, 1.54) is 17.0 Å². The van der Waals surface area contributed by atoms with Crippen molar-refractivity contribution in [3.05, 3.63) is 76.4 Å². The number of anilines is 1. The van der Waals surface area contributed by atoms with E-state index < -0.39 is 0 Å². The van der Waals surface area contributed by atoms with Gasteiger partial charge >= 0.3 is 0 Å². The molecule has 2 aromatic carbocycles. The Kier molecular flexibility index (Phi) is 6.58. The Bertz CT molecular complexity index is 1180. The van der Waals surface area contributed by atoms with Crippen LogP contribution in [-0.4, -0.2) is 40.1 Å². The first-order chi connectivity index (χ1) is 15.8. The highest BCUT2D eigenvalue weighted by molar-refractivity contribution is 5.99. The lowest BCUT2D eigenvalue weighted by Crippen LogP contribution is -2.35. The Morgan fingerprint density at radius 3 is 2.55 bits per heavy atom. The van der Waals surface area contributed by atoms with Gasteiger partial charge in [-0.2, -0.15) is 5.10 Å². The molecule has 4 rings (SSSR count). The molecule has 6 nitrogen and oxygen atoms in total. The zero-order chi connectivity index (χ0) is 23.5. The standard InChI is InChI=1S/C26H29FN4O2/c1-17-9-10-18(2)22(15-17)28-24(32)16-30(3)26(33)25-21-7-5-4-6-8-23(21)31(29-25)20-13-11-19(27)12-14-20/h9-15H,4-8,16H2,1-3H3,(H,28,32). The number of aromatic nitrogens is 2. The number of benzene rings is 2. The highest BCUT2D eigenvalue weighted by Gasteiger charge is 2.27. The maximum absolute atomic E-state index is 13.4. The highest BCUT2D eigenvalue weighted by Crippen LogP contribution is 2.27. The molecule has 1 aliphatic carbocycles. The van der Waals surface area contributed by atoms with Crippen LogP contribution in [0.1, 0.15) is 52.1 Å². The van der Waals surface area contributed by atoms with Gasteiger partial charge in [0.25, 0.3) is 5.91 Å². The number of halogens is 1. The second-order valence-electron chi connectivity index (χ2n) is 8.75. The summed E-state index contributed by atoms with van der Waals surface area (Å²) in [6, 6.07) is 12.0. The van der Waals surface area contributed by atoms with E-state index >= 15 is 0 Å². The van der Waals surface area contributed by atoms with Crippen LogP contribution in [0.25, 0.3) is 5.69 Å². The van der Waals surface area contributed by atoms with Gasteiger partial charge in [-0.05, 0) is 81.0 Å². The molecular weight excluding hydrogens is 419 g/mol. The number of likely N-dealkylation sites (N-methyl/N-ethyl adjacent to an activating group) is 1. The van der Waals surface area contributed by atoms with Crippen LogP contribution < -0.4 is 5.32 Å². The number of hydrogen-bond donors (Lipinski definition) is 1. The van der Waals surface area contributed by atoms with E-state index in [0.29, 0.717) is 5.69 Å². The number of hydrogen-bond acceptors (Lipinski definition) is 3. The number of nitrogens with one attached hydrogen (secondary N) is 1. The molecule has 1 aromatic heterocycles. The molecule has 33 heavy (non-hydrogen) atoms. The summed E-state index contributed by atoms with van der Waals surface area (Å²) in [6.45, 7) is 3.82. The monoisotopic (exact) mass is 448 g/mol. The Balaban J connectivity index is 1.57. The van der Waals surface area contributed by atoms with E-state index in [9.17, 15) is 14.0 Å². The summed E-state index contributed by atoms with van der Waals surface area (Å²) in [7, 11) is 1.62. The smallest absolute Gasteiger partial charge is 0.274 e. The molecule has 1 N–H and O–H groups in total. The minimum atomic E-state index is -0.317. The van der Waals surface area contributed by atoms with Gasteiger partial charge in [-0.3, -0.25) is 9.59 Å². The molecule has 1 aliphatic rings. The molecule has 3 aromatic rings. The zero-order valence-corrected chi connectivity index (χ0v) is 19.3. The number of rotatable bonds is 5. The van der Waals surface area contributed by atoms with Crippen LogP contribution in [0.5, 0.6) is 0 Å². The second-order valence-corrected chi connectivity index (χ2v) is 8.75. The van der Waals surface area contributed by atoms with Gasteiger partial charge in [0.05, 0.1) is 12.2 Å². The molecule has 0 bridgehead atoms. The fourth-order valence-corrected chi connectivity index (χ4v) is 4.27. The van der Waals surface area contributed by atoms with Crippen molar-refractivity contribution in [3.63, 3.8) is 0 Å². The topological polar surface area (TPSA) is 67.2 Å². The van der Waals surface area contributed by atoms with E-state index in [1.807, 2.05) is 32.0 Å². The first-order valence-electron chi connectivity index (χ1n) is 11.3. The lowest BCUT2D eigenvalue weighted by molar-refractivity contribution is -0.116. The predicted molar refractivity (Wildman–Crippen MR) is 126 cm³/mol. The SMILES string of the molecule is Cc1ccc(C)c(NC(=O)CN(C)C(=O)c2nn(-c3ccc(F)cc3)c3c2CCCCC3)c1. The average molecular weight is 449 g/mol. The normalized spacial score (nSPS) is 13.2. The second kappa shape index (κ2) is 9.57. The van der Waals surface area contributed by atoms with Gasteiger partial charge in [0.2, 0.25) is 5.91 Å². The summed E-state index contributed by atoms with van der Waals surface area (Å²) in [5.41, 5.74) is 5.79. The Morgan fingerprint density at radius 2 is 1.79 bits per heavy atom. The van der Waals surface area contributed by atoms with Crippen molar-refractivity contribution in [3.8, 4) is 5.69 Å². The van der Waals surface area contributed by atoms with Crippen LogP contribution in [0.3, 0.4) is 0 Å². The van der Waals surface area contributed by atoms with Crippen LogP contribution in [0.2, 0.25) is 0 Å². The van der Waals surface area contributed by atoms with Crippen molar-refractivity contribution in [2.45, 2.75) is 46.0 Å². The van der Waals surface area contributed by atoms with E-state index in [4.69, 9.17) is 0 Å².